The molecule has 0 radical (unpaired) electrons. The molecule has 0 aliphatic carbocycles. The fourth-order valence-corrected chi connectivity index (χ4v) is 4.48. The van der Waals surface area contributed by atoms with Crippen LogP contribution in [0.5, 0.6) is 5.75 Å². The number of amides is 1. The number of fused-ring (bicyclic) bond motifs is 1. The Morgan fingerprint density at radius 3 is 2.29 bits per heavy atom. The van der Waals surface area contributed by atoms with Crippen molar-refractivity contribution in [3.05, 3.63) is 95.1 Å². The summed E-state index contributed by atoms with van der Waals surface area (Å²) in [6.07, 6.45) is 1.13. The maximum atomic E-state index is 13.0. The number of anilines is 1. The van der Waals surface area contributed by atoms with Crippen LogP contribution in [0.3, 0.4) is 0 Å². The Labute approximate surface area is 203 Å². The molecule has 3 aromatic rings. The molecule has 1 aliphatic heterocycles. The molecule has 0 spiro atoms. The molecule has 0 saturated heterocycles. The molecule has 3 aromatic carbocycles. The molecule has 1 amide bonds. The summed E-state index contributed by atoms with van der Waals surface area (Å²) in [5.74, 6) is 0.709. The molecule has 0 bridgehead atoms. The van der Waals surface area contributed by atoms with E-state index < -0.39 is 0 Å². The minimum atomic E-state index is -0.0663. The van der Waals surface area contributed by atoms with Gasteiger partial charge in [0.1, 0.15) is 5.75 Å². The van der Waals surface area contributed by atoms with Crippen LogP contribution < -0.4 is 15.0 Å². The van der Waals surface area contributed by atoms with Gasteiger partial charge in [0.25, 0.3) is 5.91 Å². The van der Waals surface area contributed by atoms with E-state index in [-0.39, 0.29) is 18.1 Å². The minimum absolute atomic E-state index is 0.0663. The van der Waals surface area contributed by atoms with Crippen LogP contribution in [0, 0.1) is 0 Å². The van der Waals surface area contributed by atoms with Gasteiger partial charge in [-0.2, -0.15) is 0 Å². The first-order valence-electron chi connectivity index (χ1n) is 12.0. The molecule has 5 heteroatoms. The number of rotatable bonds is 8. The van der Waals surface area contributed by atoms with Crippen LogP contribution in [0.1, 0.15) is 46.9 Å². The average molecular weight is 458 g/mol. The SMILES string of the molecule is CC(C)Oc1ccc(C(=O)NCC(c2ccc(N(C)C)cc2)N2CCc3ccccc3C2)cc1. The van der Waals surface area contributed by atoms with Crippen LogP contribution in [0.25, 0.3) is 0 Å². The molecule has 1 aliphatic rings. The minimum Gasteiger partial charge on any atom is -0.491 e. The molecule has 5 nitrogen and oxygen atoms in total. The number of benzene rings is 3. The highest BCUT2D eigenvalue weighted by Crippen LogP contribution is 2.29. The number of carbonyl (C=O) groups is 1. The zero-order chi connectivity index (χ0) is 24.1. The zero-order valence-electron chi connectivity index (χ0n) is 20.6. The van der Waals surface area contributed by atoms with Crippen molar-refractivity contribution in [1.82, 2.24) is 10.2 Å². The van der Waals surface area contributed by atoms with Crippen molar-refractivity contribution >= 4 is 11.6 Å². The van der Waals surface area contributed by atoms with E-state index in [1.807, 2.05) is 52.2 Å². The van der Waals surface area contributed by atoms with E-state index in [4.69, 9.17) is 4.74 Å². The Bertz CT molecular complexity index is 1090. The lowest BCUT2D eigenvalue weighted by Gasteiger charge is -2.36. The Hall–Kier alpha value is -3.31. The zero-order valence-corrected chi connectivity index (χ0v) is 20.6. The number of nitrogens with one attached hydrogen (secondary N) is 1. The van der Waals surface area contributed by atoms with Gasteiger partial charge < -0.3 is 15.0 Å². The van der Waals surface area contributed by atoms with E-state index in [0.29, 0.717) is 12.1 Å². The number of carbonyl (C=O) groups excluding carboxylic acids is 1. The molecule has 34 heavy (non-hydrogen) atoms. The first-order chi connectivity index (χ1) is 16.4. The fourth-order valence-electron chi connectivity index (χ4n) is 4.48. The van der Waals surface area contributed by atoms with Gasteiger partial charge in [0.15, 0.2) is 0 Å². The molecule has 0 fully saturated rings. The summed E-state index contributed by atoms with van der Waals surface area (Å²) in [5.41, 5.74) is 5.82. The molecular weight excluding hydrogens is 422 g/mol. The van der Waals surface area contributed by atoms with Gasteiger partial charge in [-0.05, 0) is 73.4 Å². The van der Waals surface area contributed by atoms with Gasteiger partial charge in [-0.1, -0.05) is 36.4 Å². The highest BCUT2D eigenvalue weighted by Gasteiger charge is 2.25. The summed E-state index contributed by atoms with van der Waals surface area (Å²) in [6.45, 7) is 6.38. The summed E-state index contributed by atoms with van der Waals surface area (Å²) in [5, 5.41) is 3.18. The van der Waals surface area contributed by atoms with Crippen molar-refractivity contribution in [1.29, 1.82) is 0 Å². The highest BCUT2D eigenvalue weighted by molar-refractivity contribution is 5.94. The van der Waals surface area contributed by atoms with E-state index in [1.165, 1.54) is 22.4 Å². The second kappa shape index (κ2) is 10.7. The largest absolute Gasteiger partial charge is 0.491 e. The maximum Gasteiger partial charge on any atom is 0.251 e. The predicted molar refractivity (Wildman–Crippen MR) is 139 cm³/mol. The van der Waals surface area contributed by atoms with Crippen molar-refractivity contribution < 1.29 is 9.53 Å². The quantitative estimate of drug-likeness (QED) is 0.513. The topological polar surface area (TPSA) is 44.8 Å². The van der Waals surface area contributed by atoms with Crippen molar-refractivity contribution in [2.75, 3.05) is 32.1 Å². The van der Waals surface area contributed by atoms with E-state index in [9.17, 15) is 4.79 Å². The number of hydrogen-bond acceptors (Lipinski definition) is 4. The first kappa shape index (κ1) is 23.8. The molecule has 1 heterocycles. The molecule has 1 atom stereocenters. The van der Waals surface area contributed by atoms with Crippen LogP contribution in [-0.4, -0.2) is 44.1 Å². The molecular formula is C29H35N3O2. The molecule has 0 saturated carbocycles. The summed E-state index contributed by atoms with van der Waals surface area (Å²) >= 11 is 0. The molecule has 0 aromatic heterocycles. The lowest BCUT2D eigenvalue weighted by atomic mass is 9.96. The lowest BCUT2D eigenvalue weighted by molar-refractivity contribution is 0.0927. The third-order valence-electron chi connectivity index (χ3n) is 6.34. The summed E-state index contributed by atoms with van der Waals surface area (Å²) in [7, 11) is 4.09. The van der Waals surface area contributed by atoms with Gasteiger partial charge in [0.05, 0.1) is 12.1 Å². The van der Waals surface area contributed by atoms with Gasteiger partial charge in [0.2, 0.25) is 0 Å². The van der Waals surface area contributed by atoms with E-state index >= 15 is 0 Å². The van der Waals surface area contributed by atoms with E-state index in [1.54, 1.807) is 0 Å². The number of nitrogens with zero attached hydrogens (tertiary/aromatic N) is 2. The van der Waals surface area contributed by atoms with Gasteiger partial charge in [-0.3, -0.25) is 9.69 Å². The number of hydrogen-bond donors (Lipinski definition) is 1. The molecule has 178 valence electrons. The van der Waals surface area contributed by atoms with Crippen LogP contribution in [-0.2, 0) is 13.0 Å². The van der Waals surface area contributed by atoms with Crippen molar-refractivity contribution in [3.63, 3.8) is 0 Å². The van der Waals surface area contributed by atoms with Crippen molar-refractivity contribution in [2.24, 2.45) is 0 Å². The normalized spacial score (nSPS) is 14.4. The van der Waals surface area contributed by atoms with E-state index in [0.717, 1.165) is 25.3 Å². The second-order valence-electron chi connectivity index (χ2n) is 9.39. The van der Waals surface area contributed by atoms with Crippen LogP contribution >= 0.6 is 0 Å². The second-order valence-corrected chi connectivity index (χ2v) is 9.39. The van der Waals surface area contributed by atoms with Crippen LogP contribution in [0.2, 0.25) is 0 Å². The molecule has 1 unspecified atom stereocenters. The number of ether oxygens (including phenoxy) is 1. The molecule has 1 N–H and O–H groups in total. The van der Waals surface area contributed by atoms with E-state index in [2.05, 4.69) is 63.6 Å². The smallest absolute Gasteiger partial charge is 0.251 e. The Morgan fingerprint density at radius 1 is 0.971 bits per heavy atom. The fraction of sp³-hybridized carbons (Fsp3) is 0.345. The van der Waals surface area contributed by atoms with Gasteiger partial charge in [-0.25, -0.2) is 0 Å². The van der Waals surface area contributed by atoms with Crippen LogP contribution in [0.4, 0.5) is 5.69 Å². The van der Waals surface area contributed by atoms with Gasteiger partial charge in [0, 0.05) is 45.0 Å². The maximum absolute atomic E-state index is 13.0. The monoisotopic (exact) mass is 457 g/mol. The summed E-state index contributed by atoms with van der Waals surface area (Å²) < 4.78 is 5.70. The first-order valence-corrected chi connectivity index (χ1v) is 12.0. The Balaban J connectivity index is 1.50. The highest BCUT2D eigenvalue weighted by atomic mass is 16.5. The third kappa shape index (κ3) is 5.78. The third-order valence-corrected chi connectivity index (χ3v) is 6.34. The molecule has 4 rings (SSSR count). The van der Waals surface area contributed by atoms with Gasteiger partial charge >= 0.3 is 0 Å². The van der Waals surface area contributed by atoms with Crippen LogP contribution in [0.15, 0.2) is 72.8 Å². The van der Waals surface area contributed by atoms with Crippen molar-refractivity contribution in [3.8, 4) is 5.75 Å². The van der Waals surface area contributed by atoms with Gasteiger partial charge in [-0.15, -0.1) is 0 Å². The summed E-state index contributed by atoms with van der Waals surface area (Å²) in [4.78, 5) is 17.5. The standard InChI is InChI=1S/C29H35N3O2/c1-21(2)34-27-15-11-24(12-16-27)29(33)30-19-28(23-9-13-26(14-10-23)31(3)4)32-18-17-22-7-5-6-8-25(22)20-32/h5-16,21,28H,17-20H2,1-4H3,(H,30,33). The Morgan fingerprint density at radius 2 is 1.65 bits per heavy atom. The Kier molecular flexibility index (Phi) is 7.53. The predicted octanol–water partition coefficient (Wildman–Crippen LogP) is 5.07. The van der Waals surface area contributed by atoms with Crippen molar-refractivity contribution in [2.45, 2.75) is 39.0 Å². The lowest BCUT2D eigenvalue weighted by Crippen LogP contribution is -2.40. The average Bonchev–Trinajstić information content (AvgIpc) is 2.84. The summed E-state index contributed by atoms with van der Waals surface area (Å²) in [6, 6.07) is 24.8.